The predicted molar refractivity (Wildman–Crippen MR) is 111 cm³/mol. The first-order chi connectivity index (χ1) is 14.1. The smallest absolute Gasteiger partial charge is 0.270 e. The van der Waals surface area contributed by atoms with Gasteiger partial charge in [-0.3, -0.25) is 9.59 Å². The zero-order valence-electron chi connectivity index (χ0n) is 16.2. The first-order valence-electron chi connectivity index (χ1n) is 9.59. The van der Waals surface area contributed by atoms with Gasteiger partial charge in [0.05, 0.1) is 11.5 Å². The van der Waals surface area contributed by atoms with Gasteiger partial charge in [0.2, 0.25) is 11.7 Å². The second kappa shape index (κ2) is 8.65. The standard InChI is InChI=1S/C21H22N4O3S/c1-14-6-2-3-7-16(14)20-23-19(28-24-20)13-29-12-18(26)15-10-17(22-11-15)21(27)25-8-4-5-9-25/h2-3,6-7,10-11,22H,4-5,8-9,12-13H2,1H3. The van der Waals surface area contributed by atoms with Crippen molar-refractivity contribution in [2.24, 2.45) is 0 Å². The van der Waals surface area contributed by atoms with Crippen molar-refractivity contribution in [2.45, 2.75) is 25.5 Å². The van der Waals surface area contributed by atoms with Crippen molar-refractivity contribution in [2.75, 3.05) is 18.8 Å². The van der Waals surface area contributed by atoms with E-state index in [4.69, 9.17) is 4.52 Å². The molecule has 1 fully saturated rings. The molecule has 2 aromatic heterocycles. The van der Waals surface area contributed by atoms with Gasteiger partial charge in [-0.1, -0.05) is 29.4 Å². The van der Waals surface area contributed by atoms with Gasteiger partial charge < -0.3 is 14.4 Å². The molecule has 4 rings (SSSR count). The summed E-state index contributed by atoms with van der Waals surface area (Å²) in [6, 6.07) is 9.50. The number of nitrogens with one attached hydrogen (secondary N) is 1. The van der Waals surface area contributed by atoms with Crippen LogP contribution in [-0.2, 0) is 5.75 Å². The second-order valence-corrected chi connectivity index (χ2v) is 8.03. The summed E-state index contributed by atoms with van der Waals surface area (Å²) in [5.74, 6) is 1.70. The first kappa shape index (κ1) is 19.4. The van der Waals surface area contributed by atoms with Crippen LogP contribution in [0.4, 0.5) is 0 Å². The number of carbonyl (C=O) groups excluding carboxylic acids is 2. The molecule has 0 bridgehead atoms. The molecule has 0 atom stereocenters. The van der Waals surface area contributed by atoms with Crippen molar-refractivity contribution < 1.29 is 14.1 Å². The summed E-state index contributed by atoms with van der Waals surface area (Å²) < 4.78 is 5.30. The lowest BCUT2D eigenvalue weighted by Crippen LogP contribution is -2.27. The Balaban J connectivity index is 1.30. The number of hydrogen-bond acceptors (Lipinski definition) is 6. The number of benzene rings is 1. The van der Waals surface area contributed by atoms with Crippen LogP contribution in [-0.4, -0.2) is 50.6 Å². The molecule has 0 unspecified atom stereocenters. The molecule has 0 spiro atoms. The third-order valence-corrected chi connectivity index (χ3v) is 5.86. The van der Waals surface area contributed by atoms with Crippen LogP contribution in [0.5, 0.6) is 0 Å². The van der Waals surface area contributed by atoms with E-state index in [2.05, 4.69) is 15.1 Å². The van der Waals surface area contributed by atoms with Crippen molar-refractivity contribution >= 4 is 23.5 Å². The Morgan fingerprint density at radius 3 is 2.83 bits per heavy atom. The van der Waals surface area contributed by atoms with Crippen molar-refractivity contribution in [3.63, 3.8) is 0 Å². The van der Waals surface area contributed by atoms with Crippen LogP contribution in [0, 0.1) is 6.92 Å². The molecule has 3 heterocycles. The molecule has 1 N–H and O–H groups in total. The summed E-state index contributed by atoms with van der Waals surface area (Å²) in [7, 11) is 0. The normalized spacial score (nSPS) is 13.8. The number of likely N-dealkylation sites (tertiary alicyclic amines) is 1. The number of nitrogens with zero attached hydrogens (tertiary/aromatic N) is 3. The highest BCUT2D eigenvalue weighted by Crippen LogP contribution is 2.22. The quantitative estimate of drug-likeness (QED) is 0.597. The second-order valence-electron chi connectivity index (χ2n) is 7.04. The number of aryl methyl sites for hydroxylation is 1. The molecular formula is C21H22N4O3S. The maximum atomic E-state index is 12.4. The van der Waals surface area contributed by atoms with E-state index < -0.39 is 0 Å². The number of carbonyl (C=O) groups is 2. The number of thioether (sulfide) groups is 1. The fourth-order valence-corrected chi connectivity index (χ4v) is 4.08. The molecule has 8 heteroatoms. The molecule has 29 heavy (non-hydrogen) atoms. The number of amides is 1. The molecule has 3 aromatic rings. The number of rotatable bonds is 7. The maximum absolute atomic E-state index is 12.4. The lowest BCUT2D eigenvalue weighted by atomic mass is 10.1. The van der Waals surface area contributed by atoms with Gasteiger partial charge in [-0.2, -0.15) is 4.98 Å². The van der Waals surface area contributed by atoms with Crippen LogP contribution in [0.1, 0.15) is 45.1 Å². The van der Waals surface area contributed by atoms with Crippen LogP contribution in [0.3, 0.4) is 0 Å². The summed E-state index contributed by atoms with van der Waals surface area (Å²) in [4.78, 5) is 34.0. The summed E-state index contributed by atoms with van der Waals surface area (Å²) in [5, 5.41) is 4.03. The zero-order valence-corrected chi connectivity index (χ0v) is 17.0. The lowest BCUT2D eigenvalue weighted by molar-refractivity contribution is 0.0787. The van der Waals surface area contributed by atoms with Crippen molar-refractivity contribution in [1.29, 1.82) is 0 Å². The van der Waals surface area contributed by atoms with Crippen molar-refractivity contribution in [3.05, 3.63) is 59.2 Å². The number of aromatic amines is 1. The molecule has 1 aliphatic rings. The highest BCUT2D eigenvalue weighted by molar-refractivity contribution is 7.99. The number of H-pyrrole nitrogens is 1. The third-order valence-electron chi connectivity index (χ3n) is 4.94. The minimum absolute atomic E-state index is 0.0367. The number of aromatic nitrogens is 3. The predicted octanol–water partition coefficient (Wildman–Crippen LogP) is 3.73. The van der Waals surface area contributed by atoms with Gasteiger partial charge in [-0.05, 0) is 31.4 Å². The van der Waals surface area contributed by atoms with Gasteiger partial charge in [-0.25, -0.2) is 0 Å². The summed E-state index contributed by atoms with van der Waals surface area (Å²) in [6.45, 7) is 3.57. The molecule has 0 saturated carbocycles. The van der Waals surface area contributed by atoms with Gasteiger partial charge in [0.15, 0.2) is 5.78 Å². The Morgan fingerprint density at radius 2 is 2.03 bits per heavy atom. The van der Waals surface area contributed by atoms with Crippen LogP contribution in [0.15, 0.2) is 41.1 Å². The van der Waals surface area contributed by atoms with Crippen molar-refractivity contribution in [1.82, 2.24) is 20.0 Å². The first-order valence-corrected chi connectivity index (χ1v) is 10.7. The Hall–Kier alpha value is -2.87. The zero-order chi connectivity index (χ0) is 20.2. The lowest BCUT2D eigenvalue weighted by Gasteiger charge is -2.13. The van der Waals surface area contributed by atoms with E-state index in [0.717, 1.165) is 37.1 Å². The van der Waals surface area contributed by atoms with Gasteiger partial charge >= 0.3 is 0 Å². The van der Waals surface area contributed by atoms with E-state index >= 15 is 0 Å². The Bertz CT molecular complexity index is 1020. The molecule has 0 radical (unpaired) electrons. The Kier molecular flexibility index (Phi) is 5.80. The van der Waals surface area contributed by atoms with E-state index in [1.54, 1.807) is 12.3 Å². The molecule has 1 aromatic carbocycles. The van der Waals surface area contributed by atoms with Crippen LogP contribution in [0.2, 0.25) is 0 Å². The number of Topliss-reactive ketones (excluding diaryl/α,β-unsaturated/α-hetero) is 1. The highest BCUT2D eigenvalue weighted by Gasteiger charge is 2.21. The largest absolute Gasteiger partial charge is 0.356 e. The monoisotopic (exact) mass is 410 g/mol. The van der Waals surface area contributed by atoms with Crippen molar-refractivity contribution in [3.8, 4) is 11.4 Å². The minimum atomic E-state index is -0.0382. The van der Waals surface area contributed by atoms with Gasteiger partial charge in [0, 0.05) is 30.4 Å². The van der Waals surface area contributed by atoms with Crippen LogP contribution < -0.4 is 0 Å². The fourth-order valence-electron chi connectivity index (χ4n) is 3.33. The maximum Gasteiger partial charge on any atom is 0.270 e. The van der Waals surface area contributed by atoms with Crippen LogP contribution >= 0.6 is 11.8 Å². The third kappa shape index (κ3) is 4.42. The number of ketones is 1. The topological polar surface area (TPSA) is 92.1 Å². The van der Waals surface area contributed by atoms with Gasteiger partial charge in [0.25, 0.3) is 5.91 Å². The molecule has 7 nitrogen and oxygen atoms in total. The van der Waals surface area contributed by atoms with E-state index in [1.165, 1.54) is 11.8 Å². The highest BCUT2D eigenvalue weighted by atomic mass is 32.2. The van der Waals surface area contributed by atoms with E-state index in [1.807, 2.05) is 36.1 Å². The van der Waals surface area contributed by atoms with Crippen LogP contribution in [0.25, 0.3) is 11.4 Å². The van der Waals surface area contributed by atoms with E-state index in [-0.39, 0.29) is 17.4 Å². The summed E-state index contributed by atoms with van der Waals surface area (Å²) in [5.41, 5.74) is 3.01. The average molecular weight is 410 g/mol. The molecule has 150 valence electrons. The molecule has 0 aliphatic carbocycles. The molecular weight excluding hydrogens is 388 g/mol. The minimum Gasteiger partial charge on any atom is -0.356 e. The molecule has 1 aliphatic heterocycles. The molecule has 1 saturated heterocycles. The molecule has 1 amide bonds. The van der Waals surface area contributed by atoms with Gasteiger partial charge in [0.1, 0.15) is 5.69 Å². The van der Waals surface area contributed by atoms with E-state index in [0.29, 0.717) is 28.7 Å². The summed E-state index contributed by atoms with van der Waals surface area (Å²) >= 11 is 1.41. The fraction of sp³-hybridized carbons (Fsp3) is 0.333. The Labute approximate surface area is 172 Å². The SMILES string of the molecule is Cc1ccccc1-c1noc(CSCC(=O)c2c[nH]c(C(=O)N3CCCC3)c2)n1. The summed E-state index contributed by atoms with van der Waals surface area (Å²) in [6.07, 6.45) is 3.68. The average Bonchev–Trinajstić information content (AvgIpc) is 3.48. The van der Waals surface area contributed by atoms with E-state index in [9.17, 15) is 9.59 Å². The Morgan fingerprint density at radius 1 is 1.24 bits per heavy atom. The number of hydrogen-bond donors (Lipinski definition) is 1. The van der Waals surface area contributed by atoms with Gasteiger partial charge in [-0.15, -0.1) is 11.8 Å².